The molecule has 0 unspecified atom stereocenters. The van der Waals surface area contributed by atoms with E-state index >= 15 is 0 Å². The zero-order chi connectivity index (χ0) is 18.7. The number of nitrogens with two attached hydrogens (primary N) is 1. The number of carbonyl (C=O) groups excluding carboxylic acids is 1. The Labute approximate surface area is 148 Å². The molecule has 0 spiro atoms. The van der Waals surface area contributed by atoms with Gasteiger partial charge in [-0.2, -0.15) is 0 Å². The van der Waals surface area contributed by atoms with Gasteiger partial charge in [0.2, 0.25) is 11.2 Å². The lowest BCUT2D eigenvalue weighted by molar-refractivity contribution is -0.695. The van der Waals surface area contributed by atoms with Crippen molar-refractivity contribution in [2.24, 2.45) is 0 Å². The Morgan fingerprint density at radius 2 is 2.00 bits per heavy atom. The third-order valence-corrected chi connectivity index (χ3v) is 4.01. The molecule has 0 bridgehead atoms. The Bertz CT molecular complexity index is 996. The van der Waals surface area contributed by atoms with Gasteiger partial charge in [0.25, 0.3) is 0 Å². The molecule has 0 radical (unpaired) electrons. The molecule has 3 rings (SSSR count). The predicted octanol–water partition coefficient (Wildman–Crippen LogP) is 0.493. The smallest absolute Gasteiger partial charge is 0.235 e. The third kappa shape index (κ3) is 3.52. The normalized spacial score (nSPS) is 12.0. The van der Waals surface area contributed by atoms with Gasteiger partial charge in [0, 0.05) is 0 Å². The summed E-state index contributed by atoms with van der Waals surface area (Å²) in [5, 5.41) is 22.6. The van der Waals surface area contributed by atoms with Gasteiger partial charge >= 0.3 is 0 Å². The molecule has 1 atom stereocenters. The average molecular weight is 355 g/mol. The van der Waals surface area contributed by atoms with E-state index in [-0.39, 0.29) is 34.4 Å². The van der Waals surface area contributed by atoms with Crippen molar-refractivity contribution in [2.45, 2.75) is 19.5 Å². The summed E-state index contributed by atoms with van der Waals surface area (Å²) >= 11 is 0. The second-order valence-electron chi connectivity index (χ2n) is 5.83. The molecule has 1 heterocycles. The first-order chi connectivity index (χ1) is 12.5. The number of phenols is 1. The Morgan fingerprint density at radius 1 is 1.27 bits per heavy atom. The second kappa shape index (κ2) is 7.28. The molecule has 3 N–H and O–H groups in total. The van der Waals surface area contributed by atoms with Crippen molar-refractivity contribution < 1.29 is 29.5 Å². The number of hydrogen-bond acceptors (Lipinski definition) is 6. The molecule has 134 valence electrons. The van der Waals surface area contributed by atoms with Crippen molar-refractivity contribution in [2.75, 3.05) is 0 Å². The highest BCUT2D eigenvalue weighted by Gasteiger charge is 2.17. The zero-order valence-corrected chi connectivity index (χ0v) is 14.0. The zero-order valence-electron chi connectivity index (χ0n) is 14.0. The van der Waals surface area contributed by atoms with Crippen LogP contribution in [-0.2, 0) is 11.3 Å². The number of hydrogen-bond donors (Lipinski definition) is 2. The van der Waals surface area contributed by atoms with E-state index in [0.29, 0.717) is 11.3 Å². The first-order valence-corrected chi connectivity index (χ1v) is 8.01. The quantitative estimate of drug-likeness (QED) is 0.665. The lowest BCUT2D eigenvalue weighted by Gasteiger charge is -2.13. The van der Waals surface area contributed by atoms with Crippen LogP contribution in [0.5, 0.6) is 17.2 Å². The van der Waals surface area contributed by atoms with Crippen LogP contribution in [0.25, 0.3) is 11.0 Å². The fourth-order valence-electron chi connectivity index (χ4n) is 2.50. The SMILES string of the molecule is C[C@H]([NH2+]Cc1c(O)ccc2c(=O)c(Oc3ccccc3)coc12)C(=O)[O-]. The van der Waals surface area contributed by atoms with Gasteiger partial charge in [-0.25, -0.2) is 0 Å². The molecule has 0 saturated carbocycles. The number of carboxylic acid groups (broad SMARTS) is 1. The minimum absolute atomic E-state index is 0.0208. The lowest BCUT2D eigenvalue weighted by atomic mass is 10.1. The van der Waals surface area contributed by atoms with Gasteiger partial charge < -0.3 is 29.5 Å². The highest BCUT2D eigenvalue weighted by Crippen LogP contribution is 2.27. The molecule has 3 aromatic rings. The van der Waals surface area contributed by atoms with Crippen molar-refractivity contribution in [3.05, 3.63) is 64.5 Å². The monoisotopic (exact) mass is 355 g/mol. The van der Waals surface area contributed by atoms with Crippen LogP contribution in [0.4, 0.5) is 0 Å². The van der Waals surface area contributed by atoms with Crippen molar-refractivity contribution in [1.29, 1.82) is 0 Å². The highest BCUT2D eigenvalue weighted by atomic mass is 16.5. The van der Waals surface area contributed by atoms with Crippen molar-refractivity contribution in [3.63, 3.8) is 0 Å². The standard InChI is InChI=1S/C19H17NO6/c1-11(19(23)24)20-9-14-15(21)8-7-13-17(22)16(10-25-18(13)14)26-12-5-3-2-4-6-12/h2-8,10-11,20-21H,9H2,1H3,(H,23,24)/t11-/m0/s1. The molecule has 0 amide bonds. The summed E-state index contributed by atoms with van der Waals surface area (Å²) in [4.78, 5) is 23.5. The van der Waals surface area contributed by atoms with Crippen LogP contribution in [0.15, 0.2) is 57.9 Å². The molecule has 26 heavy (non-hydrogen) atoms. The fourth-order valence-corrected chi connectivity index (χ4v) is 2.50. The number of carbonyl (C=O) groups is 1. The molecule has 7 nitrogen and oxygen atoms in total. The van der Waals surface area contributed by atoms with E-state index in [1.807, 2.05) is 6.07 Å². The number of quaternary nitrogens is 1. The molecule has 2 aromatic carbocycles. The van der Waals surface area contributed by atoms with Crippen LogP contribution in [0.1, 0.15) is 12.5 Å². The largest absolute Gasteiger partial charge is 0.544 e. The summed E-state index contributed by atoms with van der Waals surface area (Å²) in [5.41, 5.74) is 0.139. The second-order valence-corrected chi connectivity index (χ2v) is 5.83. The summed E-state index contributed by atoms with van der Waals surface area (Å²) in [6.45, 7) is 1.58. The summed E-state index contributed by atoms with van der Waals surface area (Å²) in [6, 6.07) is 10.8. The van der Waals surface area contributed by atoms with E-state index in [1.54, 1.807) is 24.3 Å². The van der Waals surface area contributed by atoms with Crippen LogP contribution in [0.2, 0.25) is 0 Å². The minimum Gasteiger partial charge on any atom is -0.544 e. The Kier molecular flexibility index (Phi) is 4.90. The topological polar surface area (TPSA) is 116 Å². The number of fused-ring (bicyclic) bond motifs is 1. The van der Waals surface area contributed by atoms with Gasteiger partial charge in [-0.3, -0.25) is 4.79 Å². The number of rotatable bonds is 6. The maximum atomic E-state index is 12.7. The van der Waals surface area contributed by atoms with Gasteiger partial charge in [0.15, 0.2) is 5.58 Å². The van der Waals surface area contributed by atoms with Crippen LogP contribution in [0.3, 0.4) is 0 Å². The fraction of sp³-hybridized carbons (Fsp3) is 0.158. The Morgan fingerprint density at radius 3 is 2.69 bits per heavy atom. The van der Waals surface area contributed by atoms with Gasteiger partial charge in [-0.05, 0) is 31.2 Å². The van der Waals surface area contributed by atoms with Gasteiger partial charge in [-0.1, -0.05) is 18.2 Å². The summed E-state index contributed by atoms with van der Waals surface area (Å²) in [5.74, 6) is -0.786. The van der Waals surface area contributed by atoms with E-state index in [0.717, 1.165) is 0 Å². The molecule has 0 fully saturated rings. The summed E-state index contributed by atoms with van der Waals surface area (Å²) < 4.78 is 11.1. The number of benzene rings is 2. The number of carboxylic acids is 1. The number of para-hydroxylation sites is 1. The number of aromatic hydroxyl groups is 1. The van der Waals surface area contributed by atoms with E-state index in [4.69, 9.17) is 9.15 Å². The maximum absolute atomic E-state index is 12.7. The van der Waals surface area contributed by atoms with Crippen LogP contribution < -0.4 is 20.6 Å². The van der Waals surface area contributed by atoms with Gasteiger partial charge in [0.05, 0.1) is 16.9 Å². The molecule has 7 heteroatoms. The van der Waals surface area contributed by atoms with Crippen molar-refractivity contribution in [3.8, 4) is 17.2 Å². The molecule has 1 aromatic heterocycles. The first kappa shape index (κ1) is 17.5. The van der Waals surface area contributed by atoms with E-state index < -0.39 is 12.0 Å². The number of phenolic OH excluding ortho intramolecular Hbond substituents is 1. The molecular weight excluding hydrogens is 338 g/mol. The predicted molar refractivity (Wildman–Crippen MR) is 90.8 cm³/mol. The third-order valence-electron chi connectivity index (χ3n) is 4.01. The van der Waals surface area contributed by atoms with Crippen LogP contribution in [0, 0.1) is 0 Å². The van der Waals surface area contributed by atoms with E-state index in [9.17, 15) is 19.8 Å². The molecule has 0 aliphatic carbocycles. The number of ether oxygens (including phenoxy) is 1. The Hall–Kier alpha value is -3.32. The average Bonchev–Trinajstić information content (AvgIpc) is 2.63. The summed E-state index contributed by atoms with van der Waals surface area (Å²) in [7, 11) is 0. The van der Waals surface area contributed by atoms with Crippen molar-refractivity contribution in [1.82, 2.24) is 0 Å². The van der Waals surface area contributed by atoms with E-state index in [1.165, 1.54) is 30.6 Å². The highest BCUT2D eigenvalue weighted by molar-refractivity contribution is 5.82. The van der Waals surface area contributed by atoms with Gasteiger partial charge in [-0.15, -0.1) is 0 Å². The van der Waals surface area contributed by atoms with Crippen LogP contribution in [-0.4, -0.2) is 17.1 Å². The molecule has 0 aliphatic rings. The molecule has 0 saturated heterocycles. The lowest BCUT2D eigenvalue weighted by Crippen LogP contribution is -2.90. The number of aliphatic carboxylic acids is 1. The van der Waals surface area contributed by atoms with E-state index in [2.05, 4.69) is 0 Å². The molecular formula is C19H17NO6. The van der Waals surface area contributed by atoms with Crippen LogP contribution >= 0.6 is 0 Å². The summed E-state index contributed by atoms with van der Waals surface area (Å²) in [6.07, 6.45) is 1.18. The molecule has 0 aliphatic heterocycles. The first-order valence-electron chi connectivity index (χ1n) is 8.01. The minimum atomic E-state index is -1.22. The van der Waals surface area contributed by atoms with Gasteiger partial charge in [0.1, 0.15) is 30.3 Å². The Balaban J connectivity index is 1.98. The van der Waals surface area contributed by atoms with Crippen molar-refractivity contribution >= 4 is 16.9 Å². The maximum Gasteiger partial charge on any atom is 0.235 e.